The number of hydrogen-bond donors (Lipinski definition) is 0. The van der Waals surface area contributed by atoms with E-state index in [1.54, 1.807) is 14.2 Å². The first-order chi connectivity index (χ1) is 15.4. The standard InChI is InChI=1S/C23H33FO7SSi/c1-23(2,3)33(6,7)31-19-17(21(26-4)27-5)15-12-16(25)29-20(19)18(15)30-22(32)28-14-10-8-13(24)9-11-14/h8-11,15,17-21H,12H2,1-7H3/t15-,17-,18+,19+,20-/m0/s1. The van der Waals surface area contributed by atoms with E-state index >= 15 is 0 Å². The fraction of sp³-hybridized carbons (Fsp3) is 0.652. The van der Waals surface area contributed by atoms with Gasteiger partial charge in [-0.2, -0.15) is 0 Å². The summed E-state index contributed by atoms with van der Waals surface area (Å²) in [5.41, 5.74) is 0. The molecule has 2 fully saturated rings. The lowest BCUT2D eigenvalue weighted by Crippen LogP contribution is -2.51. The predicted molar refractivity (Wildman–Crippen MR) is 126 cm³/mol. The first kappa shape index (κ1) is 26.0. The number of hydrogen-bond acceptors (Lipinski definition) is 8. The van der Waals surface area contributed by atoms with E-state index < -0.39 is 32.9 Å². The maximum absolute atomic E-state index is 13.2. The highest BCUT2D eigenvalue weighted by molar-refractivity contribution is 7.79. The van der Waals surface area contributed by atoms with Gasteiger partial charge in [0.1, 0.15) is 17.7 Å². The Bertz CT molecular complexity index is 853. The third-order valence-electron chi connectivity index (χ3n) is 6.88. The van der Waals surface area contributed by atoms with Gasteiger partial charge in [0.25, 0.3) is 0 Å². The summed E-state index contributed by atoms with van der Waals surface area (Å²) in [6.45, 7) is 10.7. The van der Waals surface area contributed by atoms with Crippen LogP contribution in [0.25, 0.3) is 0 Å². The molecule has 7 nitrogen and oxygen atoms in total. The number of thiocarbonyl (C=S) groups is 1. The largest absolute Gasteiger partial charge is 0.456 e. The summed E-state index contributed by atoms with van der Waals surface area (Å²) in [7, 11) is 0.854. The molecular weight excluding hydrogens is 467 g/mol. The Balaban J connectivity index is 1.88. The zero-order valence-corrected chi connectivity index (χ0v) is 21.9. The summed E-state index contributed by atoms with van der Waals surface area (Å²) in [6, 6.07) is 5.45. The molecule has 5 atom stereocenters. The van der Waals surface area contributed by atoms with Crippen molar-refractivity contribution in [2.45, 2.75) is 69.9 Å². The molecule has 0 spiro atoms. The third-order valence-corrected chi connectivity index (χ3v) is 11.5. The number of benzene rings is 1. The maximum atomic E-state index is 13.2. The molecule has 2 bridgehead atoms. The minimum atomic E-state index is -2.26. The lowest BCUT2D eigenvalue weighted by molar-refractivity contribution is -0.167. The monoisotopic (exact) mass is 500 g/mol. The number of methoxy groups -OCH3 is 2. The molecular formula is C23H33FO7SSi. The molecule has 1 aliphatic heterocycles. The average Bonchev–Trinajstić information content (AvgIpc) is 2.87. The predicted octanol–water partition coefficient (Wildman–Crippen LogP) is 4.45. The van der Waals surface area contributed by atoms with Crippen molar-refractivity contribution in [1.82, 2.24) is 0 Å². The van der Waals surface area contributed by atoms with Crippen molar-refractivity contribution in [2.75, 3.05) is 14.2 Å². The fourth-order valence-corrected chi connectivity index (χ4v) is 5.74. The van der Waals surface area contributed by atoms with E-state index in [1.165, 1.54) is 24.3 Å². The molecule has 1 aromatic rings. The van der Waals surface area contributed by atoms with E-state index in [1.807, 2.05) is 0 Å². The molecule has 0 N–H and O–H groups in total. The number of carbonyl (C=O) groups excluding carboxylic acids is 1. The van der Waals surface area contributed by atoms with Crippen LogP contribution in [0.5, 0.6) is 5.75 Å². The van der Waals surface area contributed by atoms with Crippen LogP contribution in [0.2, 0.25) is 18.1 Å². The lowest BCUT2D eigenvalue weighted by Gasteiger charge is -2.41. The smallest absolute Gasteiger partial charge is 0.358 e. The summed E-state index contributed by atoms with van der Waals surface area (Å²) in [5, 5.41) is -0.205. The fourth-order valence-electron chi connectivity index (χ4n) is 4.21. The molecule has 1 heterocycles. The van der Waals surface area contributed by atoms with Crippen LogP contribution in [0.4, 0.5) is 4.39 Å². The van der Waals surface area contributed by atoms with Crippen molar-refractivity contribution >= 4 is 31.7 Å². The Morgan fingerprint density at radius 1 is 1.15 bits per heavy atom. The first-order valence-corrected chi connectivity index (χ1v) is 14.3. The van der Waals surface area contributed by atoms with Crippen molar-refractivity contribution in [3.05, 3.63) is 30.1 Å². The van der Waals surface area contributed by atoms with Gasteiger partial charge in [-0.3, -0.25) is 4.79 Å². The molecule has 10 heteroatoms. The number of rotatable bonds is 7. The molecule has 2 aliphatic rings. The molecule has 1 saturated carbocycles. The van der Waals surface area contributed by atoms with Crippen LogP contribution in [0, 0.1) is 17.7 Å². The summed E-state index contributed by atoms with van der Waals surface area (Å²) in [4.78, 5) is 12.4. The number of esters is 1. The highest BCUT2D eigenvalue weighted by Crippen LogP contribution is 2.49. The van der Waals surface area contributed by atoms with Gasteiger partial charge in [0.05, 0.1) is 12.5 Å². The number of carbonyl (C=O) groups is 1. The SMILES string of the molecule is COC(OC)[C@H]1[C@@H]2CC(=O)O[C@@H]([C@@H]2OC(=S)Oc2ccc(F)cc2)[C@@H]1O[Si](C)(C)C(C)(C)C. The van der Waals surface area contributed by atoms with Gasteiger partial charge in [0.15, 0.2) is 20.7 Å². The van der Waals surface area contributed by atoms with Gasteiger partial charge >= 0.3 is 11.2 Å². The topological polar surface area (TPSA) is 72.5 Å². The Kier molecular flexibility index (Phi) is 7.85. The quantitative estimate of drug-likeness (QED) is 0.235. The summed E-state index contributed by atoms with van der Waals surface area (Å²) >= 11 is 5.31. The first-order valence-electron chi connectivity index (χ1n) is 10.9. The van der Waals surface area contributed by atoms with Gasteiger partial charge in [-0.15, -0.1) is 0 Å². The normalized spacial score (nSPS) is 27.4. The minimum absolute atomic E-state index is 0.0642. The van der Waals surface area contributed by atoms with Crippen LogP contribution in [0.15, 0.2) is 24.3 Å². The zero-order chi connectivity index (χ0) is 24.6. The highest BCUT2D eigenvalue weighted by Gasteiger charge is 2.62. The molecule has 1 saturated heterocycles. The average molecular weight is 501 g/mol. The number of halogens is 1. The lowest BCUT2D eigenvalue weighted by atomic mass is 9.89. The van der Waals surface area contributed by atoms with Gasteiger partial charge in [-0.1, -0.05) is 20.8 Å². The van der Waals surface area contributed by atoms with E-state index in [0.717, 1.165) is 0 Å². The van der Waals surface area contributed by atoms with Crippen LogP contribution in [0.1, 0.15) is 27.2 Å². The molecule has 0 aromatic heterocycles. The number of ether oxygens (including phenoxy) is 5. The minimum Gasteiger partial charge on any atom is -0.456 e. The third kappa shape index (κ3) is 5.56. The molecule has 1 aromatic carbocycles. The molecule has 1 aliphatic carbocycles. The molecule has 0 unspecified atom stereocenters. The molecule has 3 rings (SSSR count). The second kappa shape index (κ2) is 9.95. The second-order valence-electron chi connectivity index (χ2n) is 9.97. The summed E-state index contributed by atoms with van der Waals surface area (Å²) in [5.74, 6) is -0.994. The van der Waals surface area contributed by atoms with Crippen LogP contribution >= 0.6 is 12.2 Å². The van der Waals surface area contributed by atoms with Gasteiger partial charge in [-0.25, -0.2) is 4.39 Å². The van der Waals surface area contributed by atoms with Crippen LogP contribution in [-0.2, 0) is 28.2 Å². The molecule has 184 valence electrons. The Hall–Kier alpha value is -1.59. The van der Waals surface area contributed by atoms with Crippen LogP contribution in [0.3, 0.4) is 0 Å². The van der Waals surface area contributed by atoms with Crippen molar-refractivity contribution in [2.24, 2.45) is 11.8 Å². The van der Waals surface area contributed by atoms with Crippen molar-refractivity contribution in [3.63, 3.8) is 0 Å². The maximum Gasteiger partial charge on any atom is 0.358 e. The van der Waals surface area contributed by atoms with Crippen molar-refractivity contribution < 1.29 is 37.3 Å². The van der Waals surface area contributed by atoms with Gasteiger partial charge in [0.2, 0.25) is 0 Å². The molecule has 33 heavy (non-hydrogen) atoms. The Labute approximate surface area is 200 Å². The molecule has 0 amide bonds. The van der Waals surface area contributed by atoms with Crippen molar-refractivity contribution in [1.29, 1.82) is 0 Å². The van der Waals surface area contributed by atoms with Gasteiger partial charge < -0.3 is 28.1 Å². The Morgan fingerprint density at radius 2 is 1.76 bits per heavy atom. The second-order valence-corrected chi connectivity index (χ2v) is 15.1. The van der Waals surface area contributed by atoms with E-state index in [9.17, 15) is 9.18 Å². The van der Waals surface area contributed by atoms with Gasteiger partial charge in [0, 0.05) is 38.3 Å². The highest BCUT2D eigenvalue weighted by atomic mass is 32.1. The number of fused-ring (bicyclic) bond motifs is 2. The molecule has 0 radical (unpaired) electrons. The van der Waals surface area contributed by atoms with E-state index in [0.29, 0.717) is 5.75 Å². The van der Waals surface area contributed by atoms with Crippen molar-refractivity contribution in [3.8, 4) is 5.75 Å². The van der Waals surface area contributed by atoms with Crippen LogP contribution in [-0.4, -0.2) is 58.3 Å². The van der Waals surface area contributed by atoms with E-state index in [-0.39, 0.29) is 40.3 Å². The van der Waals surface area contributed by atoms with E-state index in [2.05, 4.69) is 33.9 Å². The van der Waals surface area contributed by atoms with Gasteiger partial charge in [-0.05, 0) is 42.4 Å². The summed E-state index contributed by atoms with van der Waals surface area (Å²) in [6.07, 6.45) is -2.29. The van der Waals surface area contributed by atoms with Crippen LogP contribution < -0.4 is 4.74 Å². The van der Waals surface area contributed by atoms with E-state index in [4.69, 9.17) is 40.3 Å². The zero-order valence-electron chi connectivity index (χ0n) is 20.1. The summed E-state index contributed by atoms with van der Waals surface area (Å²) < 4.78 is 48.5. The Morgan fingerprint density at radius 3 is 2.30 bits per heavy atom.